The van der Waals surface area contributed by atoms with Gasteiger partial charge in [-0.05, 0) is 53.9 Å². The average Bonchev–Trinajstić information content (AvgIpc) is 2.49. The molecule has 2 nitrogen and oxygen atoms in total. The van der Waals surface area contributed by atoms with E-state index in [0.29, 0.717) is 5.75 Å². The molecule has 2 aromatic carbocycles. The van der Waals surface area contributed by atoms with Crippen LogP contribution in [-0.4, -0.2) is 5.11 Å². The number of phenolic OH excluding ortho intramolecular Hbond substituents is 1. The summed E-state index contributed by atoms with van der Waals surface area (Å²) in [6.07, 6.45) is 1.91. The summed E-state index contributed by atoms with van der Waals surface area (Å²) < 4.78 is 5.95. The Hall–Kier alpha value is -1.53. The van der Waals surface area contributed by atoms with Gasteiger partial charge in [-0.2, -0.15) is 0 Å². The van der Waals surface area contributed by atoms with Gasteiger partial charge in [-0.1, -0.05) is 12.1 Å². The van der Waals surface area contributed by atoms with Crippen LogP contribution in [0.5, 0.6) is 17.2 Å². The first-order valence-electron chi connectivity index (χ1n) is 6.02. The molecule has 1 N–H and O–H groups in total. The van der Waals surface area contributed by atoms with Crippen molar-refractivity contribution in [2.45, 2.75) is 19.8 Å². The van der Waals surface area contributed by atoms with Crippen LogP contribution in [0.1, 0.15) is 16.7 Å². The third kappa shape index (κ3) is 1.97. The van der Waals surface area contributed by atoms with Gasteiger partial charge in [0.15, 0.2) is 0 Å². The molecular weight excluding hydrogens is 243 g/mol. The van der Waals surface area contributed by atoms with E-state index in [9.17, 15) is 5.11 Å². The van der Waals surface area contributed by atoms with Crippen molar-refractivity contribution in [3.8, 4) is 17.2 Å². The Labute approximate surface area is 109 Å². The summed E-state index contributed by atoms with van der Waals surface area (Å²) in [5.74, 6) is 1.95. The molecule has 0 bridgehead atoms. The van der Waals surface area contributed by atoms with Crippen LogP contribution in [0.25, 0.3) is 0 Å². The minimum Gasteiger partial charge on any atom is -0.508 e. The van der Waals surface area contributed by atoms with E-state index in [1.54, 1.807) is 6.07 Å². The fourth-order valence-electron chi connectivity index (χ4n) is 2.29. The van der Waals surface area contributed by atoms with Crippen LogP contribution in [0.15, 0.2) is 30.3 Å². The first kappa shape index (κ1) is 11.6. The fraction of sp³-hybridized carbons (Fsp3) is 0.200. The quantitative estimate of drug-likeness (QED) is 0.736. The Bertz CT molecular complexity index is 620. The van der Waals surface area contributed by atoms with E-state index in [1.165, 1.54) is 5.56 Å². The number of phenols is 1. The predicted molar refractivity (Wildman–Crippen MR) is 76.1 cm³/mol. The topological polar surface area (TPSA) is 29.5 Å². The van der Waals surface area contributed by atoms with Gasteiger partial charge in [-0.15, -0.1) is 9.24 Å². The third-order valence-corrected chi connectivity index (χ3v) is 3.71. The monoisotopic (exact) mass is 258 g/mol. The van der Waals surface area contributed by atoms with Crippen molar-refractivity contribution in [3.63, 3.8) is 0 Å². The van der Waals surface area contributed by atoms with Gasteiger partial charge >= 0.3 is 0 Å². The van der Waals surface area contributed by atoms with Gasteiger partial charge in [0, 0.05) is 6.07 Å². The summed E-state index contributed by atoms with van der Waals surface area (Å²) >= 11 is 0. The standard InChI is InChI=1S/C15H15O2P/c1-9-6-11-3-2-10-4-5-12(18)7-14(10)17-15(11)8-13(9)16/h4-8,16H,2-3,18H2,1H3. The highest BCUT2D eigenvalue weighted by Crippen LogP contribution is 2.36. The van der Waals surface area contributed by atoms with Crippen LogP contribution in [0.4, 0.5) is 0 Å². The number of fused-ring (bicyclic) bond motifs is 2. The lowest BCUT2D eigenvalue weighted by Gasteiger charge is -2.10. The average molecular weight is 258 g/mol. The van der Waals surface area contributed by atoms with E-state index in [2.05, 4.69) is 21.4 Å². The second kappa shape index (κ2) is 4.29. The molecule has 18 heavy (non-hydrogen) atoms. The summed E-state index contributed by atoms with van der Waals surface area (Å²) in [7, 11) is 2.68. The Kier molecular flexibility index (Phi) is 2.76. The van der Waals surface area contributed by atoms with E-state index in [-0.39, 0.29) is 0 Å². The number of ether oxygens (including phenoxy) is 1. The van der Waals surface area contributed by atoms with E-state index in [4.69, 9.17) is 4.74 Å². The van der Waals surface area contributed by atoms with Crippen LogP contribution in [0.2, 0.25) is 0 Å². The van der Waals surface area contributed by atoms with Crippen molar-refractivity contribution in [3.05, 3.63) is 47.0 Å². The highest BCUT2D eigenvalue weighted by Gasteiger charge is 2.16. The summed E-state index contributed by atoms with van der Waals surface area (Å²) in [6.45, 7) is 1.91. The van der Waals surface area contributed by atoms with Gasteiger partial charge < -0.3 is 9.84 Å². The van der Waals surface area contributed by atoms with E-state index in [0.717, 1.165) is 40.8 Å². The zero-order valence-electron chi connectivity index (χ0n) is 10.2. The fourth-order valence-corrected chi connectivity index (χ4v) is 2.54. The third-order valence-electron chi connectivity index (χ3n) is 3.35. The summed E-state index contributed by atoms with van der Waals surface area (Å²) in [6, 6.07) is 9.93. The number of aromatic hydroxyl groups is 1. The van der Waals surface area contributed by atoms with Crippen LogP contribution >= 0.6 is 9.24 Å². The highest BCUT2D eigenvalue weighted by atomic mass is 31.0. The van der Waals surface area contributed by atoms with Crippen molar-refractivity contribution in [1.29, 1.82) is 0 Å². The Morgan fingerprint density at radius 3 is 2.61 bits per heavy atom. The zero-order chi connectivity index (χ0) is 12.7. The molecule has 0 saturated heterocycles. The smallest absolute Gasteiger partial charge is 0.134 e. The van der Waals surface area contributed by atoms with Gasteiger partial charge in [-0.3, -0.25) is 0 Å². The summed E-state index contributed by atoms with van der Waals surface area (Å²) in [5, 5.41) is 10.9. The molecule has 1 aliphatic heterocycles. The SMILES string of the molecule is Cc1cc2c(cc1O)Oc1cc(P)ccc1CC2. The van der Waals surface area contributed by atoms with Gasteiger partial charge in [0.05, 0.1) is 0 Å². The summed E-state index contributed by atoms with van der Waals surface area (Å²) in [4.78, 5) is 0. The van der Waals surface area contributed by atoms with Gasteiger partial charge in [0.2, 0.25) is 0 Å². The largest absolute Gasteiger partial charge is 0.508 e. The Balaban J connectivity index is 2.10. The normalized spacial score (nSPS) is 13.2. The van der Waals surface area contributed by atoms with Crippen molar-refractivity contribution in [2.24, 2.45) is 0 Å². The Morgan fingerprint density at radius 2 is 1.78 bits per heavy atom. The molecule has 0 amide bonds. The molecule has 0 aromatic heterocycles. The molecule has 2 aromatic rings. The highest BCUT2D eigenvalue weighted by molar-refractivity contribution is 7.27. The number of hydrogen-bond acceptors (Lipinski definition) is 2. The molecule has 1 unspecified atom stereocenters. The molecular formula is C15H15O2P. The maximum atomic E-state index is 9.79. The van der Waals surface area contributed by atoms with Crippen LogP contribution in [0, 0.1) is 6.92 Å². The molecule has 3 heteroatoms. The first-order chi connectivity index (χ1) is 8.63. The molecule has 3 rings (SSSR count). The predicted octanol–water partition coefficient (Wildman–Crippen LogP) is 3.09. The minimum absolute atomic E-state index is 0.291. The van der Waals surface area contributed by atoms with E-state index < -0.39 is 0 Å². The lowest BCUT2D eigenvalue weighted by molar-refractivity contribution is 0.450. The summed E-state index contributed by atoms with van der Waals surface area (Å²) in [5.41, 5.74) is 3.27. The van der Waals surface area contributed by atoms with Crippen LogP contribution in [0.3, 0.4) is 0 Å². The molecule has 0 aliphatic carbocycles. The van der Waals surface area contributed by atoms with Gasteiger partial charge in [-0.25, -0.2) is 0 Å². The van der Waals surface area contributed by atoms with E-state index in [1.807, 2.05) is 19.1 Å². The number of hydrogen-bond donors (Lipinski definition) is 1. The van der Waals surface area contributed by atoms with Gasteiger partial charge in [0.25, 0.3) is 0 Å². The Morgan fingerprint density at radius 1 is 1.06 bits per heavy atom. The van der Waals surface area contributed by atoms with Crippen LogP contribution < -0.4 is 10.0 Å². The lowest BCUT2D eigenvalue weighted by atomic mass is 10.0. The van der Waals surface area contributed by atoms with Gasteiger partial charge in [0.1, 0.15) is 17.2 Å². The zero-order valence-corrected chi connectivity index (χ0v) is 11.4. The molecule has 0 saturated carbocycles. The number of aryl methyl sites for hydroxylation is 3. The minimum atomic E-state index is 0.291. The lowest BCUT2D eigenvalue weighted by Crippen LogP contribution is -1.95. The van der Waals surface area contributed by atoms with Crippen molar-refractivity contribution >= 4 is 14.5 Å². The van der Waals surface area contributed by atoms with Crippen molar-refractivity contribution < 1.29 is 9.84 Å². The molecule has 1 heterocycles. The first-order valence-corrected chi connectivity index (χ1v) is 6.60. The van der Waals surface area contributed by atoms with Crippen LogP contribution in [-0.2, 0) is 12.8 Å². The molecule has 0 radical (unpaired) electrons. The molecule has 92 valence electrons. The maximum Gasteiger partial charge on any atom is 0.134 e. The second-order valence-electron chi connectivity index (χ2n) is 4.72. The van der Waals surface area contributed by atoms with Crippen molar-refractivity contribution in [2.75, 3.05) is 0 Å². The van der Waals surface area contributed by atoms with Crippen molar-refractivity contribution in [1.82, 2.24) is 0 Å². The second-order valence-corrected chi connectivity index (χ2v) is 5.38. The molecule has 1 aliphatic rings. The maximum absolute atomic E-state index is 9.79. The molecule has 0 fully saturated rings. The molecule has 0 spiro atoms. The molecule has 1 atom stereocenters. The number of rotatable bonds is 0. The number of benzene rings is 2. The van der Waals surface area contributed by atoms with E-state index >= 15 is 0 Å².